The van der Waals surface area contributed by atoms with E-state index in [4.69, 9.17) is 0 Å². The molecule has 5 heteroatoms. The molecule has 1 heterocycles. The lowest BCUT2D eigenvalue weighted by Crippen LogP contribution is -2.25. The third kappa shape index (κ3) is 4.04. The predicted octanol–water partition coefficient (Wildman–Crippen LogP) is 5.08. The third-order valence-electron chi connectivity index (χ3n) is 5.03. The van der Waals surface area contributed by atoms with E-state index in [2.05, 4.69) is 10.3 Å². The summed E-state index contributed by atoms with van der Waals surface area (Å²) < 4.78 is 0. The van der Waals surface area contributed by atoms with Gasteiger partial charge in [0.1, 0.15) is 11.3 Å². The zero-order valence-corrected chi connectivity index (χ0v) is 17.8. The van der Waals surface area contributed by atoms with Crippen molar-refractivity contribution in [2.24, 2.45) is 0 Å². The molecule has 0 aliphatic carbocycles. The maximum Gasteiger partial charge on any atom is 0.261 e. The van der Waals surface area contributed by atoms with Gasteiger partial charge in [-0.2, -0.15) is 0 Å². The number of aromatic nitrogens is 1. The van der Waals surface area contributed by atoms with Crippen molar-refractivity contribution in [3.8, 4) is 5.75 Å². The number of aromatic hydroxyl groups is 1. The average molecular weight is 398 g/mol. The standard InChI is InChI=1S/C24H28N2O3/c1-23(2,3)16-11-17(24(4,5)6)20(27)12-19(16)26-22(29)15-13-25-18-10-8-7-9-14(18)21(15)28/h7-13,27H,1-6H3,(H,25,28)(H,26,29)/i7+1,8+1,9+1,10+1,14+1,18+1. The van der Waals surface area contributed by atoms with Crippen molar-refractivity contribution in [2.75, 3.05) is 5.32 Å². The first-order valence-electron chi connectivity index (χ1n) is 9.69. The molecular formula is C24H28N2O3. The first-order valence-corrected chi connectivity index (χ1v) is 9.69. The van der Waals surface area contributed by atoms with E-state index in [9.17, 15) is 14.7 Å². The molecule has 3 rings (SSSR count). The van der Waals surface area contributed by atoms with Crippen molar-refractivity contribution in [3.05, 3.63) is 69.5 Å². The fraction of sp³-hybridized carbons (Fsp3) is 0.333. The number of nitrogens with one attached hydrogen (secondary N) is 2. The number of phenolic OH excluding ortho intramolecular Hbond substituents is 1. The molecule has 0 aliphatic heterocycles. The van der Waals surface area contributed by atoms with E-state index in [1.54, 1.807) is 24.3 Å². The number of phenols is 1. The molecule has 1 amide bonds. The Morgan fingerprint density at radius 2 is 1.59 bits per heavy atom. The molecule has 29 heavy (non-hydrogen) atoms. The summed E-state index contributed by atoms with van der Waals surface area (Å²) in [6.45, 7) is 12.2. The van der Waals surface area contributed by atoms with Gasteiger partial charge in [0.05, 0.1) is 0 Å². The average Bonchev–Trinajstić information content (AvgIpc) is 2.60. The molecule has 0 aliphatic rings. The van der Waals surface area contributed by atoms with Gasteiger partial charge in [0.15, 0.2) is 0 Å². The van der Waals surface area contributed by atoms with Gasteiger partial charge in [-0.3, -0.25) is 9.59 Å². The number of benzene rings is 2. The van der Waals surface area contributed by atoms with Crippen LogP contribution in [0.2, 0.25) is 0 Å². The smallest absolute Gasteiger partial charge is 0.261 e. The van der Waals surface area contributed by atoms with Crippen LogP contribution in [0.1, 0.15) is 63.0 Å². The Labute approximate surface area is 170 Å². The number of hydrogen-bond donors (Lipinski definition) is 3. The van der Waals surface area contributed by atoms with Gasteiger partial charge in [-0.05, 0) is 40.2 Å². The van der Waals surface area contributed by atoms with Crippen LogP contribution in [0, 0.1) is 0 Å². The molecule has 0 unspecified atom stereocenters. The minimum Gasteiger partial charge on any atom is -0.508 e. The van der Waals surface area contributed by atoms with E-state index >= 15 is 0 Å². The number of anilines is 1. The Hall–Kier alpha value is -3.08. The van der Waals surface area contributed by atoms with Crippen LogP contribution in [0.4, 0.5) is 5.69 Å². The van der Waals surface area contributed by atoms with E-state index in [-0.39, 0.29) is 27.6 Å². The van der Waals surface area contributed by atoms with Gasteiger partial charge in [0.25, 0.3) is 5.91 Å². The highest BCUT2D eigenvalue weighted by Crippen LogP contribution is 2.39. The second-order valence-electron chi connectivity index (χ2n) is 9.45. The second kappa shape index (κ2) is 7.07. The van der Waals surface area contributed by atoms with E-state index in [1.807, 2.05) is 53.7 Å². The van der Waals surface area contributed by atoms with Gasteiger partial charge in [0.2, 0.25) is 5.43 Å². The van der Waals surface area contributed by atoms with Crippen LogP contribution < -0.4 is 10.7 Å². The molecule has 3 N–H and O–H groups in total. The van der Waals surface area contributed by atoms with Crippen molar-refractivity contribution < 1.29 is 9.90 Å². The molecule has 2 aromatic carbocycles. The molecule has 0 bridgehead atoms. The Morgan fingerprint density at radius 3 is 2.21 bits per heavy atom. The van der Waals surface area contributed by atoms with E-state index in [1.165, 1.54) is 6.20 Å². The molecule has 0 saturated heterocycles. The van der Waals surface area contributed by atoms with Gasteiger partial charge < -0.3 is 15.4 Å². The normalized spacial score (nSPS) is 12.2. The molecule has 0 radical (unpaired) electrons. The lowest BCUT2D eigenvalue weighted by molar-refractivity contribution is 0.102. The quantitative estimate of drug-likeness (QED) is 0.563. The topological polar surface area (TPSA) is 82.2 Å². The predicted molar refractivity (Wildman–Crippen MR) is 118 cm³/mol. The van der Waals surface area contributed by atoms with Gasteiger partial charge in [-0.15, -0.1) is 0 Å². The number of H-pyrrole nitrogens is 1. The molecule has 0 spiro atoms. The molecule has 152 valence electrons. The first kappa shape index (κ1) is 20.6. The Morgan fingerprint density at radius 1 is 0.966 bits per heavy atom. The fourth-order valence-electron chi connectivity index (χ4n) is 3.44. The van der Waals surface area contributed by atoms with E-state index in [0.717, 1.165) is 11.1 Å². The van der Waals surface area contributed by atoms with E-state index < -0.39 is 5.91 Å². The summed E-state index contributed by atoms with van der Waals surface area (Å²) in [4.78, 5) is 28.7. The molecule has 0 atom stereocenters. The van der Waals surface area contributed by atoms with Crippen molar-refractivity contribution >= 4 is 22.5 Å². The summed E-state index contributed by atoms with van der Waals surface area (Å²) in [7, 11) is 0. The fourth-order valence-corrected chi connectivity index (χ4v) is 3.44. The van der Waals surface area contributed by atoms with Crippen molar-refractivity contribution in [2.45, 2.75) is 52.4 Å². The lowest BCUT2D eigenvalue weighted by Gasteiger charge is -2.28. The van der Waals surface area contributed by atoms with Crippen LogP contribution in [-0.2, 0) is 10.8 Å². The minimum atomic E-state index is -0.509. The number of pyridine rings is 1. The molecule has 5 nitrogen and oxygen atoms in total. The molecule has 3 aromatic rings. The van der Waals surface area contributed by atoms with Crippen LogP contribution in [0.25, 0.3) is 10.9 Å². The third-order valence-corrected chi connectivity index (χ3v) is 5.03. The number of fused-ring (bicyclic) bond motifs is 1. The summed E-state index contributed by atoms with van der Waals surface area (Å²) >= 11 is 0. The second-order valence-corrected chi connectivity index (χ2v) is 9.45. The van der Waals surface area contributed by atoms with Crippen molar-refractivity contribution in [3.63, 3.8) is 0 Å². The molecule has 0 fully saturated rings. The zero-order chi connectivity index (χ0) is 21.6. The summed E-state index contributed by atoms with van der Waals surface area (Å²) in [5.41, 5.74) is 2.06. The Bertz CT molecular complexity index is 1150. The number of carbonyl (C=O) groups excluding carboxylic acids is 1. The number of hydrogen-bond acceptors (Lipinski definition) is 3. The lowest BCUT2D eigenvalue weighted by atomic mass is 9.79. The van der Waals surface area contributed by atoms with Crippen LogP contribution in [-0.4, -0.2) is 16.0 Å². The molecule has 1 aromatic heterocycles. The summed E-state index contributed by atoms with van der Waals surface area (Å²) in [5, 5.41) is 13.9. The first-order chi connectivity index (χ1) is 13.4. The summed E-state index contributed by atoms with van der Waals surface area (Å²) in [5.74, 6) is -0.390. The van der Waals surface area contributed by atoms with Crippen molar-refractivity contribution in [1.82, 2.24) is 4.98 Å². The maximum absolute atomic E-state index is 12.9. The van der Waals surface area contributed by atoms with Crippen LogP contribution in [0.15, 0.2) is 47.4 Å². The van der Waals surface area contributed by atoms with Crippen LogP contribution >= 0.6 is 0 Å². The van der Waals surface area contributed by atoms with Crippen LogP contribution in [0.5, 0.6) is 5.75 Å². The number of aromatic amines is 1. The van der Waals surface area contributed by atoms with Crippen LogP contribution in [0.3, 0.4) is 0 Å². The van der Waals surface area contributed by atoms with Gasteiger partial charge >= 0.3 is 0 Å². The van der Waals surface area contributed by atoms with Gasteiger partial charge in [-0.1, -0.05) is 53.7 Å². The number of rotatable bonds is 2. The van der Waals surface area contributed by atoms with E-state index in [0.29, 0.717) is 16.6 Å². The highest BCUT2D eigenvalue weighted by Gasteiger charge is 2.26. The zero-order valence-electron chi connectivity index (χ0n) is 17.8. The number of amides is 1. The van der Waals surface area contributed by atoms with Gasteiger partial charge in [0, 0.05) is 28.9 Å². The molecular weight excluding hydrogens is 370 g/mol. The largest absolute Gasteiger partial charge is 0.508 e. The Balaban J connectivity index is 2.08. The minimum absolute atomic E-state index is 0.0305. The summed E-state index contributed by atoms with van der Waals surface area (Å²) in [6.07, 6.45) is 1.43. The highest BCUT2D eigenvalue weighted by molar-refractivity contribution is 6.06. The summed E-state index contributed by atoms with van der Waals surface area (Å²) in [6, 6.07) is 10.6. The van der Waals surface area contributed by atoms with Crippen molar-refractivity contribution in [1.29, 1.82) is 0 Å². The molecule has 0 saturated carbocycles. The highest BCUT2D eigenvalue weighted by atomic mass is 16.3. The number of para-hydroxylation sites is 1. The maximum atomic E-state index is 12.9. The van der Waals surface area contributed by atoms with Gasteiger partial charge in [-0.25, -0.2) is 0 Å². The Kier molecular flexibility index (Phi) is 5.03. The number of carbonyl (C=O) groups is 1. The SMILES string of the molecule is CC(C)(C)c1cc(C(C)(C)C)c(NC(=O)c2c[nH][13c]3[13cH][13cH][13cH][13cH][13c]3c2=O)cc1O. The monoisotopic (exact) mass is 398 g/mol.